The maximum absolute atomic E-state index is 12.9. The van der Waals surface area contributed by atoms with Gasteiger partial charge in [0.25, 0.3) is 5.91 Å². The molecule has 3 rings (SSSR count). The molecule has 0 aromatic heterocycles. The molecule has 32 heavy (non-hydrogen) atoms. The van der Waals surface area contributed by atoms with Gasteiger partial charge in [0, 0.05) is 0 Å². The van der Waals surface area contributed by atoms with Crippen molar-refractivity contribution in [1.29, 1.82) is 0 Å². The molecule has 2 aromatic rings. The Morgan fingerprint density at radius 3 is 2.34 bits per heavy atom. The highest BCUT2D eigenvalue weighted by molar-refractivity contribution is 7.89. The zero-order valence-corrected chi connectivity index (χ0v) is 18.6. The maximum Gasteiger partial charge on any atom is 0.416 e. The molecular weight excluding hydrogens is 471 g/mol. The minimum Gasteiger partial charge on any atom is -0.497 e. The van der Waals surface area contributed by atoms with Crippen LogP contribution in [-0.4, -0.2) is 58.5 Å². The van der Waals surface area contributed by atoms with Crippen LogP contribution in [0.3, 0.4) is 0 Å². The molecule has 0 atom stereocenters. The van der Waals surface area contributed by atoms with E-state index in [9.17, 15) is 26.4 Å². The molecular formula is C20H22ClF3N3O4S+. The van der Waals surface area contributed by atoms with Crippen LogP contribution in [-0.2, 0) is 21.0 Å². The molecule has 2 aromatic carbocycles. The largest absolute Gasteiger partial charge is 0.497 e. The fourth-order valence-corrected chi connectivity index (χ4v) is 4.94. The first-order chi connectivity index (χ1) is 15.0. The summed E-state index contributed by atoms with van der Waals surface area (Å²) < 4.78 is 70.6. The van der Waals surface area contributed by atoms with Gasteiger partial charge in [-0.3, -0.25) is 4.79 Å². The Morgan fingerprint density at radius 1 is 1.16 bits per heavy atom. The summed E-state index contributed by atoms with van der Waals surface area (Å²) in [5, 5.41) is 2.41. The summed E-state index contributed by atoms with van der Waals surface area (Å²) in [4.78, 5) is 13.3. The SMILES string of the molecule is COc1ccc(S(=O)(=O)N2CC[NH+](CC(=O)Nc3cc(C(F)(F)F)ccc3Cl)CC2)cc1. The van der Waals surface area contributed by atoms with Crippen molar-refractivity contribution in [2.45, 2.75) is 11.1 Å². The Hall–Kier alpha value is -2.34. The van der Waals surface area contributed by atoms with Gasteiger partial charge in [-0.1, -0.05) is 11.6 Å². The number of quaternary nitrogens is 1. The number of alkyl halides is 3. The number of methoxy groups -OCH3 is 1. The number of sulfonamides is 1. The Balaban J connectivity index is 1.57. The van der Waals surface area contributed by atoms with Gasteiger partial charge in [-0.05, 0) is 42.5 Å². The number of halogens is 4. The van der Waals surface area contributed by atoms with Crippen molar-refractivity contribution in [3.63, 3.8) is 0 Å². The van der Waals surface area contributed by atoms with Crippen molar-refractivity contribution >= 4 is 33.2 Å². The zero-order valence-electron chi connectivity index (χ0n) is 17.1. The first kappa shape index (κ1) is 24.3. The van der Waals surface area contributed by atoms with Gasteiger partial charge >= 0.3 is 6.18 Å². The molecule has 2 N–H and O–H groups in total. The normalized spacial score (nSPS) is 16.0. The van der Waals surface area contributed by atoms with Crippen molar-refractivity contribution in [3.05, 3.63) is 53.1 Å². The third-order valence-electron chi connectivity index (χ3n) is 5.11. The number of ether oxygens (including phenoxy) is 1. The summed E-state index contributed by atoms with van der Waals surface area (Å²) in [7, 11) is -2.18. The molecule has 1 heterocycles. The molecule has 1 aliphatic rings. The van der Waals surface area contributed by atoms with Crippen molar-refractivity contribution in [1.82, 2.24) is 4.31 Å². The summed E-state index contributed by atoms with van der Waals surface area (Å²) in [6, 6.07) is 8.78. The number of rotatable bonds is 6. The third kappa shape index (κ3) is 5.71. The molecule has 0 spiro atoms. The van der Waals surface area contributed by atoms with Crippen LogP contribution in [0.5, 0.6) is 5.75 Å². The molecule has 174 valence electrons. The van der Waals surface area contributed by atoms with E-state index in [1.165, 1.54) is 23.5 Å². The quantitative estimate of drug-likeness (QED) is 0.645. The van der Waals surface area contributed by atoms with Crippen molar-refractivity contribution in [3.8, 4) is 5.75 Å². The molecule has 1 amide bonds. The summed E-state index contributed by atoms with van der Waals surface area (Å²) in [6.45, 7) is 1.14. The summed E-state index contributed by atoms with van der Waals surface area (Å²) >= 11 is 5.91. The Bertz CT molecular complexity index is 1070. The number of piperazine rings is 1. The lowest BCUT2D eigenvalue weighted by atomic mass is 10.2. The second-order valence-corrected chi connectivity index (χ2v) is 9.59. The van der Waals surface area contributed by atoms with Crippen LogP contribution < -0.4 is 15.0 Å². The lowest BCUT2D eigenvalue weighted by Gasteiger charge is -2.31. The molecule has 1 fully saturated rings. The van der Waals surface area contributed by atoms with Crippen LogP contribution in [0.1, 0.15) is 5.56 Å². The summed E-state index contributed by atoms with van der Waals surface area (Å²) in [6.07, 6.45) is -4.55. The van der Waals surface area contributed by atoms with Gasteiger partial charge in [-0.15, -0.1) is 0 Å². The van der Waals surface area contributed by atoms with Crippen LogP contribution in [0.25, 0.3) is 0 Å². The van der Waals surface area contributed by atoms with E-state index in [2.05, 4.69) is 5.32 Å². The van der Waals surface area contributed by atoms with Crippen LogP contribution in [0.2, 0.25) is 5.02 Å². The third-order valence-corrected chi connectivity index (χ3v) is 7.35. The number of carbonyl (C=O) groups excluding carboxylic acids is 1. The molecule has 0 aliphatic carbocycles. The monoisotopic (exact) mass is 492 g/mol. The van der Waals surface area contributed by atoms with Crippen molar-refractivity contribution < 1.29 is 36.0 Å². The highest BCUT2D eigenvalue weighted by atomic mass is 35.5. The molecule has 7 nitrogen and oxygen atoms in total. The number of hydrogen-bond donors (Lipinski definition) is 2. The fraction of sp³-hybridized carbons (Fsp3) is 0.350. The first-order valence-corrected chi connectivity index (χ1v) is 11.5. The zero-order chi connectivity index (χ0) is 23.5. The lowest BCUT2D eigenvalue weighted by molar-refractivity contribution is -0.895. The highest BCUT2D eigenvalue weighted by Crippen LogP contribution is 2.33. The number of carbonyl (C=O) groups is 1. The van der Waals surface area contributed by atoms with Crippen molar-refractivity contribution in [2.24, 2.45) is 0 Å². The van der Waals surface area contributed by atoms with Crippen LogP contribution in [0.4, 0.5) is 18.9 Å². The Labute approximate surface area is 188 Å². The molecule has 12 heteroatoms. The van der Waals surface area contributed by atoms with Gasteiger partial charge in [0.15, 0.2) is 6.54 Å². The Kier molecular flexibility index (Phi) is 7.33. The fourth-order valence-electron chi connectivity index (χ4n) is 3.34. The second-order valence-electron chi connectivity index (χ2n) is 7.25. The average molecular weight is 493 g/mol. The number of anilines is 1. The van der Waals surface area contributed by atoms with Gasteiger partial charge in [0.1, 0.15) is 5.75 Å². The maximum atomic E-state index is 12.9. The predicted octanol–water partition coefficient (Wildman–Crippen LogP) is 1.90. The highest BCUT2D eigenvalue weighted by Gasteiger charge is 2.32. The predicted molar refractivity (Wildman–Crippen MR) is 112 cm³/mol. The van der Waals surface area contributed by atoms with E-state index in [1.807, 2.05) is 0 Å². The summed E-state index contributed by atoms with van der Waals surface area (Å²) in [5.41, 5.74) is -1.03. The number of amides is 1. The molecule has 0 unspecified atom stereocenters. The van der Waals surface area contributed by atoms with Crippen molar-refractivity contribution in [2.75, 3.05) is 45.2 Å². The molecule has 0 saturated carbocycles. The van der Waals surface area contributed by atoms with Gasteiger partial charge in [0.05, 0.1) is 54.5 Å². The average Bonchev–Trinajstić information content (AvgIpc) is 2.75. The number of benzene rings is 2. The van der Waals surface area contributed by atoms with E-state index in [1.54, 1.807) is 12.1 Å². The van der Waals surface area contributed by atoms with Crippen LogP contribution in [0, 0.1) is 0 Å². The van der Waals surface area contributed by atoms with E-state index in [-0.39, 0.29) is 35.2 Å². The minimum absolute atomic E-state index is 0.00301. The topological polar surface area (TPSA) is 80.2 Å². The smallest absolute Gasteiger partial charge is 0.416 e. The van der Waals surface area contributed by atoms with Crippen LogP contribution in [0.15, 0.2) is 47.4 Å². The van der Waals surface area contributed by atoms with Gasteiger partial charge < -0.3 is 15.0 Å². The lowest BCUT2D eigenvalue weighted by Crippen LogP contribution is -3.15. The van der Waals surface area contributed by atoms with Gasteiger partial charge in [-0.25, -0.2) is 8.42 Å². The standard InChI is InChI=1S/C20H21ClF3N3O4S/c1-31-15-3-5-16(6-4-15)32(29,30)27-10-8-26(9-11-27)13-19(28)25-18-12-14(20(22,23)24)2-7-17(18)21/h2-7,12H,8-11,13H2,1H3,(H,25,28)/p+1. The van der Waals surface area contributed by atoms with E-state index in [0.29, 0.717) is 18.8 Å². The van der Waals surface area contributed by atoms with E-state index in [0.717, 1.165) is 23.1 Å². The second kappa shape index (κ2) is 9.65. The molecule has 0 radical (unpaired) electrons. The van der Waals surface area contributed by atoms with Gasteiger partial charge in [0.2, 0.25) is 10.0 Å². The summed E-state index contributed by atoms with van der Waals surface area (Å²) in [5.74, 6) is 0.0396. The molecule has 1 aliphatic heterocycles. The van der Waals surface area contributed by atoms with Gasteiger partial charge in [-0.2, -0.15) is 17.5 Å². The van der Waals surface area contributed by atoms with E-state index < -0.39 is 27.7 Å². The van der Waals surface area contributed by atoms with Crippen LogP contribution >= 0.6 is 11.6 Å². The number of hydrogen-bond acceptors (Lipinski definition) is 4. The number of nitrogens with zero attached hydrogens (tertiary/aromatic N) is 1. The number of nitrogens with one attached hydrogen (secondary N) is 2. The molecule has 0 bridgehead atoms. The first-order valence-electron chi connectivity index (χ1n) is 9.65. The minimum atomic E-state index is -4.55. The Morgan fingerprint density at radius 2 is 1.78 bits per heavy atom. The van der Waals surface area contributed by atoms with E-state index in [4.69, 9.17) is 16.3 Å². The van der Waals surface area contributed by atoms with E-state index >= 15 is 0 Å². The molecule has 1 saturated heterocycles.